The highest BCUT2D eigenvalue weighted by atomic mass is 32.2. The Morgan fingerprint density at radius 3 is 2.53 bits per heavy atom. The van der Waals surface area contributed by atoms with Gasteiger partial charge in [0.1, 0.15) is 5.75 Å². The summed E-state index contributed by atoms with van der Waals surface area (Å²) < 4.78 is 8.11. The first-order valence-corrected chi connectivity index (χ1v) is 8.15. The van der Waals surface area contributed by atoms with E-state index in [4.69, 9.17) is 4.74 Å². The third-order valence-electron chi connectivity index (χ3n) is 3.57. The standard InChI is InChI=1S/C16H25NOS/c1-16(2,3)14-9-8-13(18-11-12-6-7-12)10-15(14)17(4)19-5/h8-10,12H,6-7,11H2,1-5H3. The van der Waals surface area contributed by atoms with E-state index in [0.717, 1.165) is 18.3 Å². The maximum Gasteiger partial charge on any atom is 0.121 e. The van der Waals surface area contributed by atoms with Gasteiger partial charge in [-0.2, -0.15) is 0 Å². The van der Waals surface area contributed by atoms with Crippen LogP contribution in [0.1, 0.15) is 39.2 Å². The highest BCUT2D eigenvalue weighted by Gasteiger charge is 2.23. The summed E-state index contributed by atoms with van der Waals surface area (Å²) in [6, 6.07) is 6.50. The second kappa shape index (κ2) is 5.66. The van der Waals surface area contributed by atoms with E-state index in [9.17, 15) is 0 Å². The van der Waals surface area contributed by atoms with Gasteiger partial charge in [0, 0.05) is 19.4 Å². The average molecular weight is 279 g/mol. The molecule has 1 aromatic rings. The Morgan fingerprint density at radius 2 is 2.00 bits per heavy atom. The van der Waals surface area contributed by atoms with Crippen LogP contribution >= 0.6 is 11.9 Å². The second-order valence-corrected chi connectivity index (χ2v) is 7.28. The summed E-state index contributed by atoms with van der Waals surface area (Å²) in [5.74, 6) is 1.79. The fourth-order valence-electron chi connectivity index (χ4n) is 2.09. The number of benzene rings is 1. The van der Waals surface area contributed by atoms with E-state index in [1.807, 2.05) is 0 Å². The van der Waals surface area contributed by atoms with Crippen LogP contribution in [0.5, 0.6) is 5.75 Å². The lowest BCUT2D eigenvalue weighted by Gasteiger charge is -2.28. The van der Waals surface area contributed by atoms with Crippen LogP contribution in [0.2, 0.25) is 0 Å². The summed E-state index contributed by atoms with van der Waals surface area (Å²) >= 11 is 1.73. The van der Waals surface area contributed by atoms with Crippen molar-refractivity contribution in [2.45, 2.75) is 39.0 Å². The molecule has 1 aromatic carbocycles. The predicted molar refractivity (Wildman–Crippen MR) is 85.3 cm³/mol. The first-order valence-electron chi connectivity index (χ1n) is 6.97. The monoisotopic (exact) mass is 279 g/mol. The van der Waals surface area contributed by atoms with Crippen molar-refractivity contribution in [3.63, 3.8) is 0 Å². The van der Waals surface area contributed by atoms with Crippen molar-refractivity contribution in [3.05, 3.63) is 23.8 Å². The van der Waals surface area contributed by atoms with Crippen molar-refractivity contribution in [2.75, 3.05) is 24.2 Å². The number of hydrogen-bond donors (Lipinski definition) is 0. The molecule has 0 aliphatic heterocycles. The molecule has 1 fully saturated rings. The summed E-state index contributed by atoms with van der Waals surface area (Å²) in [7, 11) is 2.11. The smallest absolute Gasteiger partial charge is 0.121 e. The fourth-order valence-corrected chi connectivity index (χ4v) is 2.44. The Bertz CT molecular complexity index is 435. The molecule has 0 saturated heterocycles. The molecule has 1 aliphatic carbocycles. The number of nitrogens with zero attached hydrogens (tertiary/aromatic N) is 1. The zero-order valence-electron chi connectivity index (χ0n) is 12.7. The Balaban J connectivity index is 2.23. The summed E-state index contributed by atoms with van der Waals surface area (Å²) in [4.78, 5) is 0. The summed E-state index contributed by atoms with van der Waals surface area (Å²) in [6.07, 6.45) is 4.76. The van der Waals surface area contributed by atoms with Crippen molar-refractivity contribution in [1.82, 2.24) is 0 Å². The molecular weight excluding hydrogens is 254 g/mol. The molecule has 0 spiro atoms. The van der Waals surface area contributed by atoms with E-state index in [-0.39, 0.29) is 5.41 Å². The van der Waals surface area contributed by atoms with Crippen LogP contribution in [0.25, 0.3) is 0 Å². The molecule has 19 heavy (non-hydrogen) atoms. The molecule has 0 N–H and O–H groups in total. The van der Waals surface area contributed by atoms with Crippen molar-refractivity contribution < 1.29 is 4.74 Å². The van der Waals surface area contributed by atoms with Gasteiger partial charge in [0.25, 0.3) is 0 Å². The lowest BCUT2D eigenvalue weighted by Crippen LogP contribution is -2.17. The predicted octanol–water partition coefficient (Wildman–Crippen LogP) is 4.49. The zero-order valence-corrected chi connectivity index (χ0v) is 13.5. The summed E-state index contributed by atoms with van der Waals surface area (Å²) in [6.45, 7) is 7.64. The van der Waals surface area contributed by atoms with Crippen molar-refractivity contribution in [3.8, 4) is 5.75 Å². The molecule has 3 heteroatoms. The van der Waals surface area contributed by atoms with Crippen molar-refractivity contribution in [2.24, 2.45) is 5.92 Å². The Morgan fingerprint density at radius 1 is 1.32 bits per heavy atom. The van der Waals surface area contributed by atoms with Gasteiger partial charge in [-0.1, -0.05) is 38.8 Å². The zero-order chi connectivity index (χ0) is 14.0. The van der Waals surface area contributed by atoms with E-state index in [0.29, 0.717) is 0 Å². The van der Waals surface area contributed by atoms with Gasteiger partial charge < -0.3 is 9.04 Å². The van der Waals surface area contributed by atoms with Gasteiger partial charge in [0.05, 0.1) is 12.3 Å². The molecule has 2 rings (SSSR count). The van der Waals surface area contributed by atoms with E-state index >= 15 is 0 Å². The van der Waals surface area contributed by atoms with Crippen LogP contribution in [0.3, 0.4) is 0 Å². The molecule has 106 valence electrons. The van der Waals surface area contributed by atoms with E-state index < -0.39 is 0 Å². The van der Waals surface area contributed by atoms with E-state index in [2.05, 4.69) is 56.6 Å². The van der Waals surface area contributed by atoms with Crippen LogP contribution in [0, 0.1) is 5.92 Å². The van der Waals surface area contributed by atoms with Crippen LogP contribution in [0.15, 0.2) is 18.2 Å². The van der Waals surface area contributed by atoms with Crippen LogP contribution in [-0.4, -0.2) is 19.9 Å². The molecule has 0 atom stereocenters. The molecule has 1 saturated carbocycles. The molecule has 0 unspecified atom stereocenters. The molecule has 1 aliphatic rings. The van der Waals surface area contributed by atoms with E-state index in [1.54, 1.807) is 11.9 Å². The van der Waals surface area contributed by atoms with Gasteiger partial charge in [-0.3, -0.25) is 0 Å². The molecule has 0 amide bonds. The maximum absolute atomic E-state index is 5.90. The highest BCUT2D eigenvalue weighted by molar-refractivity contribution is 7.99. The largest absolute Gasteiger partial charge is 0.493 e. The van der Waals surface area contributed by atoms with Crippen molar-refractivity contribution >= 4 is 17.6 Å². The Kier molecular flexibility index (Phi) is 4.34. The normalized spacial score (nSPS) is 15.4. The first-order chi connectivity index (χ1) is 8.91. The molecule has 0 aromatic heterocycles. The SMILES string of the molecule is CSN(C)c1cc(OCC2CC2)ccc1C(C)(C)C. The number of ether oxygens (including phenoxy) is 1. The van der Waals surface area contributed by atoms with Gasteiger partial charge >= 0.3 is 0 Å². The number of anilines is 1. The minimum Gasteiger partial charge on any atom is -0.493 e. The summed E-state index contributed by atoms with van der Waals surface area (Å²) in [5.41, 5.74) is 2.77. The van der Waals surface area contributed by atoms with Gasteiger partial charge in [-0.15, -0.1) is 0 Å². The average Bonchev–Trinajstić information content (AvgIpc) is 3.18. The maximum atomic E-state index is 5.90. The van der Waals surface area contributed by atoms with Gasteiger partial charge in [-0.25, -0.2) is 0 Å². The Hall–Kier alpha value is -0.830. The lowest BCUT2D eigenvalue weighted by atomic mass is 9.85. The lowest BCUT2D eigenvalue weighted by molar-refractivity contribution is 0.299. The molecule has 2 nitrogen and oxygen atoms in total. The second-order valence-electron chi connectivity index (χ2n) is 6.36. The molecule has 0 radical (unpaired) electrons. The fraction of sp³-hybridized carbons (Fsp3) is 0.625. The molecule has 0 heterocycles. The van der Waals surface area contributed by atoms with Crippen LogP contribution in [-0.2, 0) is 5.41 Å². The van der Waals surface area contributed by atoms with Crippen LogP contribution in [0.4, 0.5) is 5.69 Å². The minimum absolute atomic E-state index is 0.147. The number of rotatable bonds is 5. The molecular formula is C16H25NOS. The van der Waals surface area contributed by atoms with Gasteiger partial charge in [-0.05, 0) is 35.8 Å². The highest BCUT2D eigenvalue weighted by Crippen LogP contribution is 2.37. The topological polar surface area (TPSA) is 12.5 Å². The Labute approximate surface area is 121 Å². The molecule has 0 bridgehead atoms. The van der Waals surface area contributed by atoms with Crippen LogP contribution < -0.4 is 9.04 Å². The minimum atomic E-state index is 0.147. The van der Waals surface area contributed by atoms with Crippen molar-refractivity contribution in [1.29, 1.82) is 0 Å². The quantitative estimate of drug-likeness (QED) is 0.737. The third-order valence-corrected chi connectivity index (χ3v) is 4.32. The third kappa shape index (κ3) is 3.82. The summed E-state index contributed by atoms with van der Waals surface area (Å²) in [5, 5.41) is 0. The van der Waals surface area contributed by atoms with E-state index in [1.165, 1.54) is 24.1 Å². The van der Waals surface area contributed by atoms with Gasteiger partial charge in [0.15, 0.2) is 0 Å². The van der Waals surface area contributed by atoms with Gasteiger partial charge in [0.2, 0.25) is 0 Å². The first kappa shape index (κ1) is 14.6. The number of hydrogen-bond acceptors (Lipinski definition) is 3.